The first-order chi connectivity index (χ1) is 26.8. The molecule has 0 saturated carbocycles. The summed E-state index contributed by atoms with van der Waals surface area (Å²) in [7, 11) is 0. The van der Waals surface area contributed by atoms with Crippen LogP contribution in [-0.4, -0.2) is 90.2 Å². The van der Waals surface area contributed by atoms with Gasteiger partial charge in [0.25, 0.3) is 5.91 Å². The Bertz CT molecular complexity index is 2080. The van der Waals surface area contributed by atoms with Crippen LogP contribution in [0.25, 0.3) is 0 Å². The minimum Gasteiger partial charge on any atom is -0.508 e. The Morgan fingerprint density at radius 1 is 0.764 bits per heavy atom. The molecule has 0 radical (unpaired) electrons. The van der Waals surface area contributed by atoms with Crippen molar-refractivity contribution in [2.24, 2.45) is 5.92 Å². The van der Waals surface area contributed by atoms with E-state index in [0.717, 1.165) is 61.9 Å². The molecule has 284 valence electrons. The van der Waals surface area contributed by atoms with Gasteiger partial charge in [-0.15, -0.1) is 0 Å². The number of phenols is 1. The lowest BCUT2D eigenvalue weighted by atomic mass is 9.76. The van der Waals surface area contributed by atoms with Gasteiger partial charge in [0.15, 0.2) is 0 Å². The molecule has 5 aliphatic rings. The maximum atomic E-state index is 15.5. The number of carbonyl (C=O) groups is 3. The van der Waals surface area contributed by atoms with Crippen molar-refractivity contribution in [1.82, 2.24) is 14.9 Å². The van der Waals surface area contributed by atoms with Gasteiger partial charge in [-0.05, 0) is 72.2 Å². The largest absolute Gasteiger partial charge is 0.508 e. The van der Waals surface area contributed by atoms with Crippen LogP contribution < -0.4 is 14.5 Å². The number of nitrogens with zero attached hydrogens (tertiary/aromatic N) is 5. The summed E-state index contributed by atoms with van der Waals surface area (Å²) < 4.78 is 21.6. The topological polar surface area (TPSA) is 96.9 Å². The zero-order valence-corrected chi connectivity index (χ0v) is 30.9. The summed E-state index contributed by atoms with van der Waals surface area (Å²) in [5.74, 6) is 0.115. The molecule has 0 aromatic heterocycles. The highest BCUT2D eigenvalue weighted by Crippen LogP contribution is 2.47. The summed E-state index contributed by atoms with van der Waals surface area (Å²) in [6.07, 6.45) is 3.16. The second-order valence-electron chi connectivity index (χ2n) is 15.6. The Kier molecular flexibility index (Phi) is 9.41. The summed E-state index contributed by atoms with van der Waals surface area (Å²) in [6.45, 7) is 6.70. The summed E-state index contributed by atoms with van der Waals surface area (Å²) in [5, 5.41) is 12.3. The molecule has 4 aromatic rings. The van der Waals surface area contributed by atoms with Crippen LogP contribution in [0.2, 0.25) is 0 Å². The van der Waals surface area contributed by atoms with E-state index in [9.17, 15) is 19.5 Å². The number of hydrogen-bond donors (Lipinski definition) is 1. The number of carbonyl (C=O) groups excluding carboxylic acids is 3. The number of fused-ring (bicyclic) bond motifs is 2. The number of ether oxygens (including phenoxy) is 1. The molecule has 0 aliphatic carbocycles. The van der Waals surface area contributed by atoms with Gasteiger partial charge in [0.1, 0.15) is 17.3 Å². The van der Waals surface area contributed by atoms with Gasteiger partial charge in [0.05, 0.1) is 18.8 Å². The third kappa shape index (κ3) is 6.79. The third-order valence-corrected chi connectivity index (χ3v) is 12.3. The zero-order valence-electron chi connectivity index (χ0n) is 30.9. The van der Waals surface area contributed by atoms with Gasteiger partial charge in [0.2, 0.25) is 11.8 Å². The summed E-state index contributed by atoms with van der Waals surface area (Å²) >= 11 is 0. The number of imide groups is 1. The van der Waals surface area contributed by atoms with Crippen molar-refractivity contribution in [2.75, 3.05) is 62.2 Å². The van der Waals surface area contributed by atoms with E-state index in [-0.39, 0.29) is 54.3 Å². The van der Waals surface area contributed by atoms with E-state index in [1.807, 2.05) is 17.0 Å². The lowest BCUT2D eigenvalue weighted by Crippen LogP contribution is -2.51. The monoisotopic (exact) mass is 743 g/mol. The molecule has 11 heteroatoms. The van der Waals surface area contributed by atoms with E-state index in [1.54, 1.807) is 18.2 Å². The lowest BCUT2D eigenvalue weighted by Gasteiger charge is -2.40. The van der Waals surface area contributed by atoms with Crippen LogP contribution in [-0.2, 0) is 16.1 Å². The highest BCUT2D eigenvalue weighted by Gasteiger charge is 2.40. The quantitative estimate of drug-likeness (QED) is 0.221. The van der Waals surface area contributed by atoms with Gasteiger partial charge in [-0.3, -0.25) is 19.3 Å². The normalized spacial score (nSPS) is 22.2. The standard InChI is InChI=1S/C44H46FN5O5/c45-38-25-36-32(27-49(44(36)54)50-41(52)7-4-8-42(50)53)23-39(38)48-21-19-46(20-22-48)26-29-15-17-47(18-16-29)33-11-9-31(10-12-33)43-35-14-13-34(51)24-40(35)55-28-37(43)30-5-2-1-3-6-30/h1-3,5-6,9-14,23-25,29,37,43,51H,4,7-8,15-22,26-28H2/t37-,43+/m1/s1. The van der Waals surface area contributed by atoms with Gasteiger partial charge in [-0.1, -0.05) is 48.5 Å². The van der Waals surface area contributed by atoms with Gasteiger partial charge in [0, 0.05) is 93.4 Å². The first-order valence-corrected chi connectivity index (χ1v) is 19.6. The molecule has 0 bridgehead atoms. The molecular weight excluding hydrogens is 698 g/mol. The van der Waals surface area contributed by atoms with Crippen LogP contribution in [0.4, 0.5) is 15.8 Å². The lowest BCUT2D eigenvalue weighted by molar-refractivity contribution is -0.163. The van der Waals surface area contributed by atoms with Crippen LogP contribution in [0, 0.1) is 11.7 Å². The fourth-order valence-electron chi connectivity index (χ4n) is 9.32. The molecule has 9 rings (SSSR count). The van der Waals surface area contributed by atoms with Crippen molar-refractivity contribution in [3.05, 3.63) is 119 Å². The second kappa shape index (κ2) is 14.7. The first kappa shape index (κ1) is 35.3. The van der Waals surface area contributed by atoms with Crippen molar-refractivity contribution >= 4 is 29.1 Å². The van der Waals surface area contributed by atoms with Crippen molar-refractivity contribution in [3.8, 4) is 11.5 Å². The number of phenolic OH excluding ortho intramolecular Hbond substituents is 1. The van der Waals surface area contributed by atoms with Crippen molar-refractivity contribution < 1.29 is 28.6 Å². The number of benzene rings is 4. The van der Waals surface area contributed by atoms with Crippen molar-refractivity contribution in [1.29, 1.82) is 0 Å². The molecule has 5 aliphatic heterocycles. The minimum absolute atomic E-state index is 0.0903. The van der Waals surface area contributed by atoms with Gasteiger partial charge in [-0.25, -0.2) is 9.40 Å². The van der Waals surface area contributed by atoms with E-state index >= 15 is 4.39 Å². The summed E-state index contributed by atoms with van der Waals surface area (Å²) in [5.41, 5.74) is 6.14. The van der Waals surface area contributed by atoms with Crippen LogP contribution in [0.1, 0.15) is 76.6 Å². The highest BCUT2D eigenvalue weighted by atomic mass is 19.1. The van der Waals surface area contributed by atoms with Crippen LogP contribution in [0.3, 0.4) is 0 Å². The third-order valence-electron chi connectivity index (χ3n) is 12.3. The highest BCUT2D eigenvalue weighted by molar-refractivity contribution is 6.04. The number of anilines is 2. The van der Waals surface area contributed by atoms with E-state index < -0.39 is 11.7 Å². The first-order valence-electron chi connectivity index (χ1n) is 19.6. The Hall–Kier alpha value is -5.42. The average Bonchev–Trinajstić information content (AvgIpc) is 3.52. The fourth-order valence-corrected chi connectivity index (χ4v) is 9.32. The van der Waals surface area contributed by atoms with Crippen LogP contribution >= 0.6 is 0 Å². The molecule has 4 aromatic carbocycles. The van der Waals surface area contributed by atoms with E-state index in [0.29, 0.717) is 43.3 Å². The minimum atomic E-state index is -0.502. The summed E-state index contributed by atoms with van der Waals surface area (Å²) in [4.78, 5) is 45.1. The number of rotatable bonds is 7. The predicted molar refractivity (Wildman–Crippen MR) is 207 cm³/mol. The second-order valence-corrected chi connectivity index (χ2v) is 15.6. The Morgan fingerprint density at radius 2 is 1.49 bits per heavy atom. The molecule has 3 fully saturated rings. The van der Waals surface area contributed by atoms with E-state index in [2.05, 4.69) is 58.3 Å². The number of hydrogen-bond acceptors (Lipinski definition) is 8. The SMILES string of the molecule is O=C1c2cc(F)c(N3CCN(CC4CCN(c5ccc([C@H]6c7ccc(O)cc7OC[C@@H]6c6ccccc6)cc5)CC4)CC3)cc2CN1N1C(=O)CCCC1=O. The van der Waals surface area contributed by atoms with Crippen molar-refractivity contribution in [2.45, 2.75) is 50.5 Å². The molecule has 2 atom stereocenters. The number of hydrazine groups is 1. The number of aromatic hydroxyl groups is 1. The predicted octanol–water partition coefficient (Wildman–Crippen LogP) is 6.29. The maximum Gasteiger partial charge on any atom is 0.273 e. The number of amides is 3. The fraction of sp³-hybridized carbons (Fsp3) is 0.386. The number of halogens is 1. The molecule has 0 spiro atoms. The molecule has 55 heavy (non-hydrogen) atoms. The van der Waals surface area contributed by atoms with Gasteiger partial charge >= 0.3 is 0 Å². The Balaban J connectivity index is 0.794. The maximum absolute atomic E-state index is 15.5. The number of piperazine rings is 1. The number of piperidine rings is 2. The molecule has 10 nitrogen and oxygen atoms in total. The molecule has 0 unspecified atom stereocenters. The van der Waals surface area contributed by atoms with Crippen LogP contribution in [0.15, 0.2) is 84.9 Å². The zero-order chi connectivity index (χ0) is 37.6. The smallest absolute Gasteiger partial charge is 0.273 e. The molecule has 3 saturated heterocycles. The van der Waals surface area contributed by atoms with Crippen molar-refractivity contribution in [3.63, 3.8) is 0 Å². The molecule has 5 heterocycles. The Morgan fingerprint density at radius 3 is 2.22 bits per heavy atom. The Labute approximate surface area is 320 Å². The molecule has 1 N–H and O–H groups in total. The van der Waals surface area contributed by atoms with Gasteiger partial charge < -0.3 is 19.6 Å². The summed E-state index contributed by atoms with van der Waals surface area (Å²) in [6, 6.07) is 28.0. The van der Waals surface area contributed by atoms with E-state index in [1.165, 1.54) is 27.9 Å². The molecular formula is C44H46FN5O5. The van der Waals surface area contributed by atoms with Gasteiger partial charge in [-0.2, -0.15) is 5.01 Å². The average molecular weight is 744 g/mol. The molecule has 3 amide bonds. The van der Waals surface area contributed by atoms with E-state index in [4.69, 9.17) is 4.74 Å². The van der Waals surface area contributed by atoms with Crippen LogP contribution in [0.5, 0.6) is 11.5 Å².